The summed E-state index contributed by atoms with van der Waals surface area (Å²) < 4.78 is 48.1. The molecule has 0 radical (unpaired) electrons. The van der Waals surface area contributed by atoms with Crippen molar-refractivity contribution in [3.8, 4) is 11.4 Å². The molecule has 1 fully saturated rings. The predicted octanol–water partition coefficient (Wildman–Crippen LogP) is 7.04. The summed E-state index contributed by atoms with van der Waals surface area (Å²) in [6.07, 6.45) is -2.43. The Labute approximate surface area is 247 Å². The van der Waals surface area contributed by atoms with Crippen molar-refractivity contribution in [1.82, 2.24) is 14.9 Å². The molecule has 4 aromatic rings. The number of rotatable bonds is 7. The van der Waals surface area contributed by atoms with Gasteiger partial charge < -0.3 is 24.8 Å². The van der Waals surface area contributed by atoms with Crippen molar-refractivity contribution < 1.29 is 22.7 Å². The quantitative estimate of drug-likeness (QED) is 0.224. The zero-order valence-electron chi connectivity index (χ0n) is 23.5. The van der Waals surface area contributed by atoms with Crippen LogP contribution in [0.1, 0.15) is 53.6 Å². The molecule has 1 saturated heterocycles. The third-order valence-corrected chi connectivity index (χ3v) is 7.69. The lowest BCUT2D eigenvalue weighted by Gasteiger charge is -2.29. The highest BCUT2D eigenvalue weighted by molar-refractivity contribution is 7.80. The maximum atomic E-state index is 13.6. The van der Waals surface area contributed by atoms with Crippen LogP contribution in [0.15, 0.2) is 72.9 Å². The van der Waals surface area contributed by atoms with Crippen LogP contribution in [0.4, 0.5) is 24.5 Å². The van der Waals surface area contributed by atoms with Crippen LogP contribution >= 0.6 is 12.2 Å². The standard InChI is InChI=1S/C31H30F3N5O2S/c1-5-27(40)36-24-13-12-22(17-26(24)41-4)39-29(28(37-30(39)42)25-11-6-7-14-35-25)23-15-18(2)38(19(23)3)21-10-8-9-20(16-21)31(32,33)34/h6-17,28-29H,5H2,1-4H3,(H,36,40)(H,37,42). The van der Waals surface area contributed by atoms with Gasteiger partial charge in [0.2, 0.25) is 5.91 Å². The van der Waals surface area contributed by atoms with Gasteiger partial charge in [-0.25, -0.2) is 0 Å². The van der Waals surface area contributed by atoms with Crippen LogP contribution < -0.4 is 20.3 Å². The number of aromatic nitrogens is 2. The number of anilines is 2. The van der Waals surface area contributed by atoms with Gasteiger partial charge in [-0.2, -0.15) is 13.2 Å². The van der Waals surface area contributed by atoms with Gasteiger partial charge in [0.1, 0.15) is 5.75 Å². The Hall–Kier alpha value is -4.38. The van der Waals surface area contributed by atoms with Gasteiger partial charge in [0, 0.05) is 41.4 Å². The van der Waals surface area contributed by atoms with Crippen LogP contribution in [0.5, 0.6) is 5.75 Å². The van der Waals surface area contributed by atoms with E-state index in [2.05, 4.69) is 15.6 Å². The number of alkyl halides is 3. The number of nitrogens with zero attached hydrogens (tertiary/aromatic N) is 3. The van der Waals surface area contributed by atoms with Crippen molar-refractivity contribution in [2.45, 2.75) is 45.5 Å². The van der Waals surface area contributed by atoms with Crippen LogP contribution in [-0.4, -0.2) is 27.7 Å². The Kier molecular flexibility index (Phi) is 7.96. The highest BCUT2D eigenvalue weighted by Crippen LogP contribution is 2.45. The summed E-state index contributed by atoms with van der Waals surface area (Å²) in [7, 11) is 1.53. The molecule has 1 aliphatic heterocycles. The van der Waals surface area contributed by atoms with Crippen LogP contribution in [0.2, 0.25) is 0 Å². The van der Waals surface area contributed by atoms with Crippen LogP contribution in [0.3, 0.4) is 0 Å². The Balaban J connectivity index is 1.65. The number of carbonyl (C=O) groups is 1. The van der Waals surface area contributed by atoms with Gasteiger partial charge in [0.05, 0.1) is 36.1 Å². The molecule has 11 heteroatoms. The first kappa shape index (κ1) is 29.1. The lowest BCUT2D eigenvalue weighted by molar-refractivity contribution is -0.137. The molecule has 42 heavy (non-hydrogen) atoms. The van der Waals surface area contributed by atoms with Crippen molar-refractivity contribution in [2.75, 3.05) is 17.3 Å². The van der Waals surface area contributed by atoms with Gasteiger partial charge >= 0.3 is 6.18 Å². The van der Waals surface area contributed by atoms with E-state index < -0.39 is 17.8 Å². The fraction of sp³-hybridized carbons (Fsp3) is 0.258. The van der Waals surface area contributed by atoms with Gasteiger partial charge in [-0.15, -0.1) is 0 Å². The summed E-state index contributed by atoms with van der Waals surface area (Å²) >= 11 is 5.86. The number of aryl methyl sites for hydroxylation is 1. The molecule has 2 aromatic heterocycles. The molecule has 2 aromatic carbocycles. The number of halogens is 3. The number of ether oxygens (including phenoxy) is 1. The van der Waals surface area contributed by atoms with Crippen molar-refractivity contribution in [1.29, 1.82) is 0 Å². The molecule has 3 heterocycles. The van der Waals surface area contributed by atoms with Crippen LogP contribution in [0.25, 0.3) is 5.69 Å². The van der Waals surface area contributed by atoms with E-state index in [0.717, 1.165) is 34.8 Å². The van der Waals surface area contributed by atoms with E-state index in [4.69, 9.17) is 17.0 Å². The molecule has 0 aliphatic carbocycles. The minimum Gasteiger partial charge on any atom is -0.494 e. The molecule has 1 aliphatic rings. The average molecular weight is 594 g/mol. The molecule has 218 valence electrons. The van der Waals surface area contributed by atoms with Gasteiger partial charge in [-0.1, -0.05) is 19.1 Å². The second-order valence-electron chi connectivity index (χ2n) is 9.99. The number of methoxy groups -OCH3 is 1. The van der Waals surface area contributed by atoms with Crippen molar-refractivity contribution >= 4 is 34.6 Å². The van der Waals surface area contributed by atoms with E-state index in [0.29, 0.717) is 34.3 Å². The van der Waals surface area contributed by atoms with E-state index >= 15 is 0 Å². The number of hydrogen-bond acceptors (Lipinski definition) is 4. The molecule has 2 N–H and O–H groups in total. The molecule has 0 bridgehead atoms. The molecule has 5 rings (SSSR count). The lowest BCUT2D eigenvalue weighted by Crippen LogP contribution is -2.29. The third kappa shape index (κ3) is 5.44. The highest BCUT2D eigenvalue weighted by Gasteiger charge is 2.42. The Morgan fingerprint density at radius 3 is 2.52 bits per heavy atom. The monoisotopic (exact) mass is 593 g/mol. The molecule has 0 saturated carbocycles. The maximum Gasteiger partial charge on any atom is 0.416 e. The molecular formula is C31H30F3N5O2S. The summed E-state index contributed by atoms with van der Waals surface area (Å²) in [5.74, 6) is 0.320. The number of carbonyl (C=O) groups excluding carboxylic acids is 1. The third-order valence-electron chi connectivity index (χ3n) is 7.38. The van der Waals surface area contributed by atoms with Crippen molar-refractivity contribution in [3.63, 3.8) is 0 Å². The summed E-state index contributed by atoms with van der Waals surface area (Å²) in [5.41, 5.74) is 4.12. The van der Waals surface area contributed by atoms with Gasteiger partial charge in [-0.05, 0) is 80.2 Å². The van der Waals surface area contributed by atoms with Gasteiger partial charge in [0.15, 0.2) is 5.11 Å². The number of hydrogen-bond donors (Lipinski definition) is 2. The topological polar surface area (TPSA) is 71.4 Å². The summed E-state index contributed by atoms with van der Waals surface area (Å²) in [5, 5.41) is 6.71. The SMILES string of the molecule is CCC(=O)Nc1ccc(N2C(=S)NC(c3ccccn3)C2c2cc(C)n(-c3cccc(C(F)(F)F)c3)c2C)cc1OC. The fourth-order valence-electron chi connectivity index (χ4n) is 5.43. The van der Waals surface area contributed by atoms with E-state index in [1.807, 2.05) is 53.6 Å². The first-order valence-corrected chi connectivity index (χ1v) is 13.8. The fourth-order valence-corrected chi connectivity index (χ4v) is 5.77. The minimum atomic E-state index is -4.46. The largest absolute Gasteiger partial charge is 0.494 e. The van der Waals surface area contributed by atoms with Gasteiger partial charge in [0.25, 0.3) is 0 Å². The molecule has 7 nitrogen and oxygen atoms in total. The Morgan fingerprint density at radius 2 is 1.86 bits per heavy atom. The van der Waals surface area contributed by atoms with E-state index in [9.17, 15) is 18.0 Å². The summed E-state index contributed by atoms with van der Waals surface area (Å²) in [6, 6.07) is 17.6. The molecule has 2 atom stereocenters. The number of nitrogens with one attached hydrogen (secondary N) is 2. The first-order valence-electron chi connectivity index (χ1n) is 13.4. The van der Waals surface area contributed by atoms with Crippen molar-refractivity contribution in [2.24, 2.45) is 0 Å². The number of benzene rings is 2. The van der Waals surface area contributed by atoms with Crippen molar-refractivity contribution in [3.05, 3.63) is 101 Å². The molecule has 2 unspecified atom stereocenters. The summed E-state index contributed by atoms with van der Waals surface area (Å²) in [4.78, 5) is 18.6. The maximum absolute atomic E-state index is 13.6. The Morgan fingerprint density at radius 1 is 1.07 bits per heavy atom. The predicted molar refractivity (Wildman–Crippen MR) is 160 cm³/mol. The van der Waals surface area contributed by atoms with E-state index in [1.165, 1.54) is 13.2 Å². The second-order valence-corrected chi connectivity index (χ2v) is 10.4. The Bertz CT molecular complexity index is 1640. The first-order chi connectivity index (χ1) is 20.0. The average Bonchev–Trinajstić information content (AvgIpc) is 3.47. The van der Waals surface area contributed by atoms with Crippen LogP contribution in [-0.2, 0) is 11.0 Å². The van der Waals surface area contributed by atoms with Gasteiger partial charge in [-0.3, -0.25) is 9.78 Å². The zero-order valence-corrected chi connectivity index (χ0v) is 24.3. The molecular weight excluding hydrogens is 563 g/mol. The van der Waals surface area contributed by atoms with Crippen LogP contribution in [0, 0.1) is 13.8 Å². The van der Waals surface area contributed by atoms with E-state index in [-0.39, 0.29) is 11.9 Å². The number of pyridine rings is 1. The van der Waals surface area contributed by atoms with E-state index in [1.54, 1.807) is 31.3 Å². The minimum absolute atomic E-state index is 0.144. The number of thiocarbonyl (C=S) groups is 1. The highest BCUT2D eigenvalue weighted by atomic mass is 32.1. The lowest BCUT2D eigenvalue weighted by atomic mass is 9.96. The number of amides is 1. The summed E-state index contributed by atoms with van der Waals surface area (Å²) in [6.45, 7) is 5.52. The second kappa shape index (κ2) is 11.5. The normalized spacial score (nSPS) is 16.8. The molecule has 1 amide bonds. The zero-order chi connectivity index (χ0) is 30.2. The smallest absolute Gasteiger partial charge is 0.416 e. The molecule has 0 spiro atoms.